The van der Waals surface area contributed by atoms with E-state index >= 15 is 0 Å². The number of esters is 1. The molecule has 1 aromatic rings. The van der Waals surface area contributed by atoms with Crippen molar-refractivity contribution in [3.05, 3.63) is 23.0 Å². The Morgan fingerprint density at radius 3 is 2.46 bits per heavy atom. The van der Waals surface area contributed by atoms with E-state index in [9.17, 15) is 9.59 Å². The summed E-state index contributed by atoms with van der Waals surface area (Å²) in [6.45, 7) is 11.5. The minimum Gasteiger partial charge on any atom is -0.462 e. The largest absolute Gasteiger partial charge is 0.462 e. The highest BCUT2D eigenvalue weighted by atomic mass is 16.5. The van der Waals surface area contributed by atoms with E-state index in [1.807, 2.05) is 11.8 Å². The lowest BCUT2D eigenvalue weighted by molar-refractivity contribution is 0.0525. The highest BCUT2D eigenvalue weighted by Gasteiger charge is 2.26. The number of carbonyl (C=O) groups is 2. The maximum atomic E-state index is 12.6. The molecule has 1 saturated heterocycles. The Kier molecular flexibility index (Phi) is 5.80. The number of hydrogen-bond donors (Lipinski definition) is 1. The molecular formula is C18H27N3O3. The summed E-state index contributed by atoms with van der Waals surface area (Å²) < 4.78 is 5.05. The van der Waals surface area contributed by atoms with E-state index in [2.05, 4.69) is 24.1 Å². The highest BCUT2D eigenvalue weighted by molar-refractivity contribution is 5.95. The first-order chi connectivity index (χ1) is 11.3. The molecule has 6 heteroatoms. The van der Waals surface area contributed by atoms with Crippen molar-refractivity contribution >= 4 is 17.7 Å². The third-order valence-corrected chi connectivity index (χ3v) is 4.30. The van der Waals surface area contributed by atoms with Gasteiger partial charge >= 0.3 is 12.0 Å². The molecule has 0 spiro atoms. The minimum atomic E-state index is -0.418. The van der Waals surface area contributed by atoms with Crippen molar-refractivity contribution in [2.75, 3.05) is 25.0 Å². The monoisotopic (exact) mass is 333 g/mol. The zero-order valence-corrected chi connectivity index (χ0v) is 15.2. The second-order valence-electron chi connectivity index (χ2n) is 6.76. The Labute approximate surface area is 143 Å². The van der Waals surface area contributed by atoms with Crippen LogP contribution in [0.25, 0.3) is 0 Å². The van der Waals surface area contributed by atoms with Crippen LogP contribution < -0.4 is 5.32 Å². The molecular weight excluding hydrogens is 306 g/mol. The Morgan fingerprint density at radius 2 is 1.88 bits per heavy atom. The van der Waals surface area contributed by atoms with Gasteiger partial charge in [-0.2, -0.15) is 0 Å². The lowest BCUT2D eigenvalue weighted by atomic mass is 9.92. The van der Waals surface area contributed by atoms with Crippen LogP contribution in [0.3, 0.4) is 0 Å². The third-order valence-electron chi connectivity index (χ3n) is 4.30. The van der Waals surface area contributed by atoms with Gasteiger partial charge in [0.1, 0.15) is 0 Å². The number of piperidine rings is 1. The number of aromatic nitrogens is 1. The van der Waals surface area contributed by atoms with Crippen molar-refractivity contribution in [3.8, 4) is 0 Å². The normalized spacial score (nSPS) is 20.6. The first kappa shape index (κ1) is 18.2. The van der Waals surface area contributed by atoms with Gasteiger partial charge in [0.15, 0.2) is 0 Å². The zero-order valence-electron chi connectivity index (χ0n) is 15.2. The van der Waals surface area contributed by atoms with Crippen LogP contribution in [-0.2, 0) is 4.74 Å². The molecule has 0 aromatic carbocycles. The molecule has 1 aliphatic rings. The number of hydrogen-bond acceptors (Lipinski definition) is 4. The van der Waals surface area contributed by atoms with Crippen molar-refractivity contribution in [2.45, 2.75) is 41.0 Å². The number of nitrogens with zero attached hydrogens (tertiary/aromatic N) is 2. The van der Waals surface area contributed by atoms with Gasteiger partial charge in [-0.3, -0.25) is 4.98 Å². The van der Waals surface area contributed by atoms with Gasteiger partial charge in [-0.1, -0.05) is 13.8 Å². The molecule has 0 radical (unpaired) electrons. The summed E-state index contributed by atoms with van der Waals surface area (Å²) >= 11 is 0. The van der Waals surface area contributed by atoms with E-state index in [0.717, 1.165) is 19.5 Å². The van der Waals surface area contributed by atoms with Gasteiger partial charge in [0.2, 0.25) is 0 Å². The van der Waals surface area contributed by atoms with Gasteiger partial charge in [-0.15, -0.1) is 0 Å². The highest BCUT2D eigenvalue weighted by Crippen LogP contribution is 2.23. The molecule has 2 amide bonds. The van der Waals surface area contributed by atoms with Crippen LogP contribution >= 0.6 is 0 Å². The second kappa shape index (κ2) is 7.64. The van der Waals surface area contributed by atoms with E-state index < -0.39 is 5.97 Å². The number of carbonyl (C=O) groups excluding carboxylic acids is 2. The molecule has 2 heterocycles. The predicted octanol–water partition coefficient (Wildman–Crippen LogP) is 3.38. The van der Waals surface area contributed by atoms with Gasteiger partial charge in [0, 0.05) is 13.1 Å². The number of ether oxygens (including phenoxy) is 1. The van der Waals surface area contributed by atoms with E-state index in [0.29, 0.717) is 41.1 Å². The molecule has 24 heavy (non-hydrogen) atoms. The summed E-state index contributed by atoms with van der Waals surface area (Å²) in [6, 6.07) is 1.52. The van der Waals surface area contributed by atoms with Gasteiger partial charge in [-0.25, -0.2) is 9.59 Å². The zero-order chi connectivity index (χ0) is 17.9. The summed E-state index contributed by atoms with van der Waals surface area (Å²) in [6.07, 6.45) is 1.14. The topological polar surface area (TPSA) is 71.5 Å². The molecule has 0 bridgehead atoms. The standard InChI is InChI=1S/C18H27N3O3/c1-6-24-17(22)15-8-16(14(5)19-13(15)4)20-18(23)21-9-11(2)7-12(3)10-21/h8,11-12H,6-7,9-10H2,1-5H3,(H,20,23). The van der Waals surface area contributed by atoms with Crippen molar-refractivity contribution in [3.63, 3.8) is 0 Å². The van der Waals surface area contributed by atoms with Crippen molar-refractivity contribution in [1.29, 1.82) is 0 Å². The quantitative estimate of drug-likeness (QED) is 0.861. The summed E-state index contributed by atoms with van der Waals surface area (Å²) in [7, 11) is 0. The molecule has 6 nitrogen and oxygen atoms in total. The molecule has 132 valence electrons. The Morgan fingerprint density at radius 1 is 1.25 bits per heavy atom. The lowest BCUT2D eigenvalue weighted by Gasteiger charge is -2.35. The van der Waals surface area contributed by atoms with Gasteiger partial charge in [-0.05, 0) is 45.1 Å². The van der Waals surface area contributed by atoms with Crippen LogP contribution in [0.15, 0.2) is 6.07 Å². The average Bonchev–Trinajstić information content (AvgIpc) is 2.49. The number of pyridine rings is 1. The fourth-order valence-electron chi connectivity index (χ4n) is 3.29. The number of nitrogens with one attached hydrogen (secondary N) is 1. The molecule has 1 aliphatic heterocycles. The van der Waals surface area contributed by atoms with Gasteiger partial charge < -0.3 is 15.0 Å². The van der Waals surface area contributed by atoms with Crippen molar-refractivity contribution in [1.82, 2.24) is 9.88 Å². The van der Waals surface area contributed by atoms with Crippen LogP contribution in [-0.4, -0.2) is 41.6 Å². The van der Waals surface area contributed by atoms with E-state index in [4.69, 9.17) is 4.74 Å². The average molecular weight is 333 g/mol. The summed E-state index contributed by atoms with van der Waals surface area (Å²) in [5.74, 6) is 0.567. The van der Waals surface area contributed by atoms with Crippen LogP contribution in [0.5, 0.6) is 0 Å². The molecule has 1 aromatic heterocycles. The fourth-order valence-corrected chi connectivity index (χ4v) is 3.29. The van der Waals surface area contributed by atoms with Gasteiger partial charge in [0.25, 0.3) is 0 Å². The Bertz CT molecular complexity index is 620. The van der Waals surface area contributed by atoms with E-state index in [1.165, 1.54) is 0 Å². The molecule has 0 saturated carbocycles. The maximum Gasteiger partial charge on any atom is 0.340 e. The maximum absolute atomic E-state index is 12.6. The SMILES string of the molecule is CCOC(=O)c1cc(NC(=O)N2CC(C)CC(C)C2)c(C)nc1C. The molecule has 2 atom stereocenters. The number of urea groups is 1. The number of amides is 2. The van der Waals surface area contributed by atoms with E-state index in [-0.39, 0.29) is 6.03 Å². The van der Waals surface area contributed by atoms with Crippen molar-refractivity contribution in [2.24, 2.45) is 11.8 Å². The summed E-state index contributed by atoms with van der Waals surface area (Å²) in [4.78, 5) is 30.8. The summed E-state index contributed by atoms with van der Waals surface area (Å²) in [5, 5.41) is 2.90. The molecule has 1 N–H and O–H groups in total. The van der Waals surface area contributed by atoms with Crippen molar-refractivity contribution < 1.29 is 14.3 Å². The molecule has 2 unspecified atom stereocenters. The van der Waals surface area contributed by atoms with Crippen LogP contribution in [0.4, 0.5) is 10.5 Å². The first-order valence-corrected chi connectivity index (χ1v) is 8.53. The lowest BCUT2D eigenvalue weighted by Crippen LogP contribution is -2.44. The first-order valence-electron chi connectivity index (χ1n) is 8.53. The third kappa shape index (κ3) is 4.24. The van der Waals surface area contributed by atoms with Crippen LogP contribution in [0.1, 0.15) is 48.9 Å². The smallest absolute Gasteiger partial charge is 0.340 e. The fraction of sp³-hybridized carbons (Fsp3) is 0.611. The minimum absolute atomic E-state index is 0.142. The van der Waals surface area contributed by atoms with Crippen LogP contribution in [0, 0.1) is 25.7 Å². The molecule has 0 aliphatic carbocycles. The second-order valence-corrected chi connectivity index (χ2v) is 6.76. The van der Waals surface area contributed by atoms with E-state index in [1.54, 1.807) is 19.9 Å². The number of likely N-dealkylation sites (tertiary alicyclic amines) is 1. The predicted molar refractivity (Wildman–Crippen MR) is 93.2 cm³/mol. The Balaban J connectivity index is 2.18. The Hall–Kier alpha value is -2.11. The number of rotatable bonds is 3. The summed E-state index contributed by atoms with van der Waals surface area (Å²) in [5.41, 5.74) is 2.23. The molecule has 1 fully saturated rings. The molecule has 2 rings (SSSR count). The number of anilines is 1. The number of aryl methyl sites for hydroxylation is 2. The van der Waals surface area contributed by atoms with Crippen LogP contribution in [0.2, 0.25) is 0 Å². The van der Waals surface area contributed by atoms with Gasteiger partial charge in [0.05, 0.1) is 29.2 Å².